The highest BCUT2D eigenvalue weighted by Crippen LogP contribution is 2.46. The summed E-state index contributed by atoms with van der Waals surface area (Å²) in [6, 6.07) is 18.8. The summed E-state index contributed by atoms with van der Waals surface area (Å²) in [4.78, 5) is 5.46. The first-order chi connectivity index (χ1) is 16.7. The molecule has 1 aliphatic rings. The van der Waals surface area contributed by atoms with E-state index in [0.29, 0.717) is 24.3 Å². The van der Waals surface area contributed by atoms with Gasteiger partial charge in [-0.2, -0.15) is 0 Å². The third-order valence-electron chi connectivity index (χ3n) is 6.93. The van der Waals surface area contributed by atoms with E-state index in [0.717, 1.165) is 28.1 Å². The zero-order valence-electron chi connectivity index (χ0n) is 20.6. The SMILES string of the molecule is CC1(C)CCC(C)(C)c2cc(-c3nnc(NCc4ccc(N=C(N)c5cccs5)cc4)o3)ccc21. The summed E-state index contributed by atoms with van der Waals surface area (Å²) in [5.41, 5.74) is 12.0. The van der Waals surface area contributed by atoms with Crippen molar-refractivity contribution in [3.8, 4) is 11.5 Å². The lowest BCUT2D eigenvalue weighted by Crippen LogP contribution is -2.33. The van der Waals surface area contributed by atoms with Crippen LogP contribution in [0.25, 0.3) is 11.5 Å². The van der Waals surface area contributed by atoms with Crippen LogP contribution in [0.2, 0.25) is 0 Å². The maximum absolute atomic E-state index is 6.08. The van der Waals surface area contributed by atoms with Gasteiger partial charge in [0.15, 0.2) is 0 Å². The van der Waals surface area contributed by atoms with Gasteiger partial charge in [0.05, 0.1) is 10.6 Å². The predicted molar refractivity (Wildman–Crippen MR) is 143 cm³/mol. The van der Waals surface area contributed by atoms with Crippen LogP contribution in [0.3, 0.4) is 0 Å². The van der Waals surface area contributed by atoms with Crippen molar-refractivity contribution in [2.75, 3.05) is 5.32 Å². The molecule has 0 amide bonds. The second-order valence-electron chi connectivity index (χ2n) is 10.4. The zero-order valence-corrected chi connectivity index (χ0v) is 21.4. The Morgan fingerprint density at radius 3 is 2.46 bits per heavy atom. The number of rotatable bonds is 6. The summed E-state index contributed by atoms with van der Waals surface area (Å²) >= 11 is 1.58. The maximum atomic E-state index is 6.08. The van der Waals surface area contributed by atoms with Crippen molar-refractivity contribution in [2.24, 2.45) is 10.7 Å². The molecule has 0 unspecified atom stereocenters. The molecule has 0 saturated carbocycles. The number of amidine groups is 1. The summed E-state index contributed by atoms with van der Waals surface area (Å²) in [6.07, 6.45) is 2.36. The predicted octanol–water partition coefficient (Wildman–Crippen LogP) is 6.80. The highest BCUT2D eigenvalue weighted by molar-refractivity contribution is 7.12. The zero-order chi connectivity index (χ0) is 24.6. The van der Waals surface area contributed by atoms with Gasteiger partial charge >= 0.3 is 6.01 Å². The van der Waals surface area contributed by atoms with Gasteiger partial charge in [-0.15, -0.1) is 16.4 Å². The number of nitrogens with two attached hydrogens (primary N) is 1. The molecular formula is C28H31N5OS. The van der Waals surface area contributed by atoms with Crippen molar-refractivity contribution in [1.82, 2.24) is 10.2 Å². The number of anilines is 1. The summed E-state index contributed by atoms with van der Waals surface area (Å²) in [7, 11) is 0. The second-order valence-corrected chi connectivity index (χ2v) is 11.4. The lowest BCUT2D eigenvalue weighted by atomic mass is 9.63. The molecule has 180 valence electrons. The highest BCUT2D eigenvalue weighted by atomic mass is 32.1. The monoisotopic (exact) mass is 485 g/mol. The number of hydrogen-bond acceptors (Lipinski definition) is 6. The number of aromatic nitrogens is 2. The molecule has 35 heavy (non-hydrogen) atoms. The summed E-state index contributed by atoms with van der Waals surface area (Å²) in [6.45, 7) is 9.86. The Hall–Kier alpha value is -3.45. The van der Waals surface area contributed by atoms with Crippen LogP contribution in [-0.4, -0.2) is 16.0 Å². The van der Waals surface area contributed by atoms with Crippen LogP contribution >= 0.6 is 11.3 Å². The second kappa shape index (κ2) is 8.96. The Kier molecular flexibility index (Phi) is 5.97. The van der Waals surface area contributed by atoms with Crippen molar-refractivity contribution in [3.05, 3.63) is 81.5 Å². The first-order valence-corrected chi connectivity index (χ1v) is 12.8. The largest absolute Gasteiger partial charge is 0.403 e. The molecule has 0 bridgehead atoms. The van der Waals surface area contributed by atoms with Gasteiger partial charge in [-0.3, -0.25) is 0 Å². The van der Waals surface area contributed by atoms with Crippen molar-refractivity contribution < 1.29 is 4.42 Å². The molecule has 7 heteroatoms. The Bertz CT molecular complexity index is 1350. The molecule has 0 radical (unpaired) electrons. The molecule has 3 N–H and O–H groups in total. The molecule has 0 spiro atoms. The van der Waals surface area contributed by atoms with Crippen molar-refractivity contribution in [2.45, 2.75) is 57.9 Å². The average Bonchev–Trinajstić information content (AvgIpc) is 3.54. The fourth-order valence-electron chi connectivity index (χ4n) is 4.62. The van der Waals surface area contributed by atoms with E-state index in [9.17, 15) is 0 Å². The average molecular weight is 486 g/mol. The topological polar surface area (TPSA) is 89.3 Å². The number of thiophene rings is 1. The molecule has 2 aromatic carbocycles. The van der Waals surface area contributed by atoms with Gasteiger partial charge in [0.1, 0.15) is 5.84 Å². The Morgan fingerprint density at radius 1 is 1.00 bits per heavy atom. The Labute approximate surface area is 210 Å². The van der Waals surface area contributed by atoms with Crippen molar-refractivity contribution in [1.29, 1.82) is 0 Å². The first kappa shape index (κ1) is 23.3. The molecule has 5 rings (SSSR count). The van der Waals surface area contributed by atoms with E-state index < -0.39 is 0 Å². The lowest BCUT2D eigenvalue weighted by Gasteiger charge is -2.41. The maximum Gasteiger partial charge on any atom is 0.316 e. The van der Waals surface area contributed by atoms with Gasteiger partial charge in [0.2, 0.25) is 5.89 Å². The first-order valence-electron chi connectivity index (χ1n) is 11.9. The number of benzene rings is 2. The summed E-state index contributed by atoms with van der Waals surface area (Å²) < 4.78 is 5.95. The number of nitrogens with one attached hydrogen (secondary N) is 1. The van der Waals surface area contributed by atoms with E-state index in [1.807, 2.05) is 41.8 Å². The quantitative estimate of drug-likeness (QED) is 0.232. The fourth-order valence-corrected chi connectivity index (χ4v) is 5.24. The van der Waals surface area contributed by atoms with Crippen LogP contribution in [0.4, 0.5) is 11.7 Å². The van der Waals surface area contributed by atoms with Crippen LogP contribution in [0, 0.1) is 0 Å². The Balaban J connectivity index is 1.27. The van der Waals surface area contributed by atoms with Crippen LogP contribution < -0.4 is 11.1 Å². The van der Waals surface area contributed by atoms with E-state index in [2.05, 4.69) is 66.4 Å². The van der Waals surface area contributed by atoms with Crippen LogP contribution in [0.5, 0.6) is 0 Å². The molecule has 0 atom stereocenters. The summed E-state index contributed by atoms with van der Waals surface area (Å²) in [5.74, 6) is 1.06. The molecule has 0 saturated heterocycles. The number of hydrogen-bond donors (Lipinski definition) is 2. The molecule has 0 aliphatic heterocycles. The van der Waals surface area contributed by atoms with Gasteiger partial charge in [-0.25, -0.2) is 4.99 Å². The van der Waals surface area contributed by atoms with Crippen LogP contribution in [-0.2, 0) is 17.4 Å². The van der Waals surface area contributed by atoms with Gasteiger partial charge in [-0.1, -0.05) is 57.1 Å². The minimum atomic E-state index is 0.132. The molecule has 6 nitrogen and oxygen atoms in total. The van der Waals surface area contributed by atoms with E-state index in [4.69, 9.17) is 10.2 Å². The number of aliphatic imine (C=N–C) groups is 1. The van der Waals surface area contributed by atoms with E-state index in [-0.39, 0.29) is 10.8 Å². The number of nitrogens with zero attached hydrogens (tertiary/aromatic N) is 3. The third-order valence-corrected chi connectivity index (χ3v) is 7.82. The normalized spacial score (nSPS) is 16.6. The van der Waals surface area contributed by atoms with Gasteiger partial charge in [0.25, 0.3) is 0 Å². The Morgan fingerprint density at radius 2 is 1.74 bits per heavy atom. The molecule has 4 aromatic rings. The van der Waals surface area contributed by atoms with Crippen LogP contribution in [0.1, 0.15) is 62.1 Å². The van der Waals surface area contributed by atoms with E-state index in [1.165, 1.54) is 17.5 Å². The minimum absolute atomic E-state index is 0.132. The van der Waals surface area contributed by atoms with Gasteiger partial charge in [-0.05, 0) is 76.1 Å². The van der Waals surface area contributed by atoms with Crippen molar-refractivity contribution >= 4 is 28.9 Å². The smallest absolute Gasteiger partial charge is 0.316 e. The lowest BCUT2D eigenvalue weighted by molar-refractivity contribution is 0.332. The van der Waals surface area contributed by atoms with E-state index in [1.54, 1.807) is 11.3 Å². The fraction of sp³-hybridized carbons (Fsp3) is 0.321. The molecule has 1 aliphatic carbocycles. The minimum Gasteiger partial charge on any atom is -0.403 e. The van der Waals surface area contributed by atoms with Crippen molar-refractivity contribution in [3.63, 3.8) is 0 Å². The van der Waals surface area contributed by atoms with Gasteiger partial charge < -0.3 is 15.5 Å². The number of fused-ring (bicyclic) bond motifs is 1. The molecular weight excluding hydrogens is 454 g/mol. The molecule has 2 heterocycles. The van der Waals surface area contributed by atoms with Gasteiger partial charge in [0, 0.05) is 12.1 Å². The summed E-state index contributed by atoms with van der Waals surface area (Å²) in [5, 5.41) is 13.7. The van der Waals surface area contributed by atoms with E-state index >= 15 is 0 Å². The third kappa shape index (κ3) is 4.86. The highest BCUT2D eigenvalue weighted by Gasteiger charge is 2.37. The van der Waals surface area contributed by atoms with Crippen LogP contribution in [0.15, 0.2) is 69.4 Å². The molecule has 2 aromatic heterocycles. The standard InChI is InChI=1S/C28H31N5OS/c1-27(2)13-14-28(3,4)22-16-19(9-12-21(22)27)25-32-33-26(34-25)30-17-18-7-10-20(11-8-18)31-24(29)23-6-5-15-35-23/h5-12,15-16H,13-14,17H2,1-4H3,(H2,29,31)(H,30,33). The molecule has 0 fully saturated rings.